The van der Waals surface area contributed by atoms with Crippen molar-refractivity contribution in [2.45, 2.75) is 18.9 Å². The third-order valence-corrected chi connectivity index (χ3v) is 3.13. The van der Waals surface area contributed by atoms with Gasteiger partial charge < -0.3 is 9.15 Å². The molecule has 0 radical (unpaired) electrons. The minimum absolute atomic E-state index is 0.0213. The molecule has 2 aliphatic rings. The van der Waals surface area contributed by atoms with Gasteiger partial charge in [0.25, 0.3) is 0 Å². The van der Waals surface area contributed by atoms with E-state index in [0.29, 0.717) is 18.9 Å². The Morgan fingerprint density at radius 3 is 3.13 bits per heavy atom. The Kier molecular flexibility index (Phi) is 1.99. The lowest BCUT2D eigenvalue weighted by atomic mass is 9.91. The van der Waals surface area contributed by atoms with Gasteiger partial charge in [0.1, 0.15) is 11.9 Å². The van der Waals surface area contributed by atoms with Crippen LogP contribution in [0.25, 0.3) is 0 Å². The number of furan rings is 1. The van der Waals surface area contributed by atoms with E-state index in [-0.39, 0.29) is 11.9 Å². The summed E-state index contributed by atoms with van der Waals surface area (Å²) >= 11 is 0. The van der Waals surface area contributed by atoms with Crippen molar-refractivity contribution in [2.75, 3.05) is 6.61 Å². The molecule has 1 saturated heterocycles. The minimum atomic E-state index is 0.0213. The van der Waals surface area contributed by atoms with Crippen molar-refractivity contribution in [3.05, 3.63) is 35.8 Å². The first-order valence-corrected chi connectivity index (χ1v) is 5.21. The summed E-state index contributed by atoms with van der Waals surface area (Å²) in [5.41, 5.74) is 1.16. The predicted octanol–water partition coefficient (Wildman–Crippen LogP) is 2.26. The van der Waals surface area contributed by atoms with Gasteiger partial charge in [0.2, 0.25) is 0 Å². The van der Waals surface area contributed by atoms with Crippen molar-refractivity contribution >= 4 is 5.78 Å². The average Bonchev–Trinajstić information content (AvgIpc) is 2.82. The number of hydrogen-bond donors (Lipinski definition) is 0. The molecule has 3 nitrogen and oxygen atoms in total. The summed E-state index contributed by atoms with van der Waals surface area (Å²) in [4.78, 5) is 11.2. The zero-order valence-electron chi connectivity index (χ0n) is 8.31. The molecule has 15 heavy (non-hydrogen) atoms. The zero-order valence-corrected chi connectivity index (χ0v) is 8.31. The Hall–Kier alpha value is -1.35. The molecule has 2 heterocycles. The maximum absolute atomic E-state index is 11.2. The molecule has 0 unspecified atom stereocenters. The van der Waals surface area contributed by atoms with Gasteiger partial charge in [-0.25, -0.2) is 0 Å². The normalized spacial score (nSPS) is 30.1. The van der Waals surface area contributed by atoms with Gasteiger partial charge in [-0.3, -0.25) is 4.79 Å². The summed E-state index contributed by atoms with van der Waals surface area (Å²) in [6.07, 6.45) is 4.93. The molecule has 0 saturated carbocycles. The molecule has 2 atom stereocenters. The number of carbonyl (C=O) groups excluding carboxylic acids is 1. The first kappa shape index (κ1) is 8.92. The van der Waals surface area contributed by atoms with Crippen LogP contribution in [0.15, 0.2) is 34.5 Å². The number of ether oxygens (including phenoxy) is 1. The highest BCUT2D eigenvalue weighted by Gasteiger charge is 2.33. The lowest BCUT2D eigenvalue weighted by molar-refractivity contribution is -0.114. The van der Waals surface area contributed by atoms with Crippen LogP contribution < -0.4 is 0 Å². The largest absolute Gasteiger partial charge is 0.467 e. The SMILES string of the molecule is O=C1C=C2CO[C@H](c3ccco3)C[C@@H]2C1. The van der Waals surface area contributed by atoms with Gasteiger partial charge in [0, 0.05) is 6.42 Å². The van der Waals surface area contributed by atoms with E-state index in [2.05, 4.69) is 0 Å². The summed E-state index contributed by atoms with van der Waals surface area (Å²) in [6, 6.07) is 3.79. The third-order valence-electron chi connectivity index (χ3n) is 3.13. The number of rotatable bonds is 1. The maximum Gasteiger partial charge on any atom is 0.156 e. The highest BCUT2D eigenvalue weighted by atomic mass is 16.5. The van der Waals surface area contributed by atoms with Crippen LogP contribution in [-0.2, 0) is 9.53 Å². The van der Waals surface area contributed by atoms with E-state index in [4.69, 9.17) is 9.15 Å². The highest BCUT2D eigenvalue weighted by molar-refractivity contribution is 5.93. The average molecular weight is 204 g/mol. The maximum atomic E-state index is 11.2. The molecule has 1 aromatic rings. The Labute approximate surface area is 87.7 Å². The molecular weight excluding hydrogens is 192 g/mol. The van der Waals surface area contributed by atoms with E-state index in [1.54, 1.807) is 12.3 Å². The number of carbonyl (C=O) groups is 1. The van der Waals surface area contributed by atoms with Gasteiger partial charge in [-0.2, -0.15) is 0 Å². The Balaban J connectivity index is 1.78. The monoisotopic (exact) mass is 204 g/mol. The van der Waals surface area contributed by atoms with Crippen LogP contribution in [0.2, 0.25) is 0 Å². The molecule has 1 aliphatic carbocycles. The zero-order chi connectivity index (χ0) is 10.3. The van der Waals surface area contributed by atoms with Gasteiger partial charge in [0.05, 0.1) is 12.9 Å². The Morgan fingerprint density at radius 1 is 1.40 bits per heavy atom. The molecule has 0 N–H and O–H groups in total. The first-order chi connectivity index (χ1) is 7.33. The fourth-order valence-corrected chi connectivity index (χ4v) is 2.35. The molecule has 0 bridgehead atoms. The smallest absolute Gasteiger partial charge is 0.156 e. The van der Waals surface area contributed by atoms with Crippen LogP contribution >= 0.6 is 0 Å². The molecule has 1 fully saturated rings. The minimum Gasteiger partial charge on any atom is -0.467 e. The van der Waals surface area contributed by atoms with Crippen molar-refractivity contribution in [3.63, 3.8) is 0 Å². The second kappa shape index (κ2) is 3.35. The van der Waals surface area contributed by atoms with Crippen molar-refractivity contribution in [2.24, 2.45) is 5.92 Å². The molecule has 0 amide bonds. The second-order valence-corrected chi connectivity index (χ2v) is 4.14. The number of fused-ring (bicyclic) bond motifs is 1. The molecule has 3 heteroatoms. The van der Waals surface area contributed by atoms with Crippen LogP contribution in [-0.4, -0.2) is 12.4 Å². The summed E-state index contributed by atoms with van der Waals surface area (Å²) < 4.78 is 11.0. The molecule has 3 rings (SSSR count). The van der Waals surface area contributed by atoms with E-state index < -0.39 is 0 Å². The van der Waals surface area contributed by atoms with Crippen LogP contribution in [0.5, 0.6) is 0 Å². The van der Waals surface area contributed by atoms with Crippen molar-refractivity contribution in [1.82, 2.24) is 0 Å². The van der Waals surface area contributed by atoms with Gasteiger partial charge in [-0.1, -0.05) is 0 Å². The lowest BCUT2D eigenvalue weighted by Gasteiger charge is -2.27. The van der Waals surface area contributed by atoms with E-state index in [1.807, 2.05) is 12.1 Å². The lowest BCUT2D eigenvalue weighted by Crippen LogP contribution is -2.20. The van der Waals surface area contributed by atoms with Gasteiger partial charge >= 0.3 is 0 Å². The fraction of sp³-hybridized carbons (Fsp3) is 0.417. The Bertz CT molecular complexity index is 403. The highest BCUT2D eigenvalue weighted by Crippen LogP contribution is 2.39. The predicted molar refractivity (Wildman–Crippen MR) is 53.2 cm³/mol. The third kappa shape index (κ3) is 1.53. The van der Waals surface area contributed by atoms with E-state index in [0.717, 1.165) is 17.8 Å². The molecule has 0 aromatic carbocycles. The van der Waals surface area contributed by atoms with Gasteiger partial charge in [-0.15, -0.1) is 0 Å². The molecule has 0 spiro atoms. The molecule has 1 aromatic heterocycles. The molecular formula is C12H12O3. The molecule has 1 aliphatic heterocycles. The Morgan fingerprint density at radius 2 is 2.33 bits per heavy atom. The van der Waals surface area contributed by atoms with Crippen molar-refractivity contribution < 1.29 is 13.9 Å². The van der Waals surface area contributed by atoms with Crippen molar-refractivity contribution in [1.29, 1.82) is 0 Å². The summed E-state index contributed by atoms with van der Waals surface area (Å²) in [6.45, 7) is 0.571. The summed E-state index contributed by atoms with van der Waals surface area (Å²) in [5, 5.41) is 0. The molecule has 78 valence electrons. The quantitative estimate of drug-likeness (QED) is 0.704. The van der Waals surface area contributed by atoms with Crippen LogP contribution in [0.1, 0.15) is 24.7 Å². The van der Waals surface area contributed by atoms with E-state index in [1.165, 1.54) is 0 Å². The van der Waals surface area contributed by atoms with E-state index >= 15 is 0 Å². The first-order valence-electron chi connectivity index (χ1n) is 5.21. The summed E-state index contributed by atoms with van der Waals surface area (Å²) in [5.74, 6) is 1.48. The number of ketones is 1. The van der Waals surface area contributed by atoms with Gasteiger partial charge in [0.15, 0.2) is 5.78 Å². The standard InChI is InChI=1S/C12H12O3/c13-10-4-8-6-12(11-2-1-3-14-11)15-7-9(8)5-10/h1-3,5,8,12H,4,6-7H2/t8-,12-/m0/s1. The van der Waals surface area contributed by atoms with Gasteiger partial charge in [-0.05, 0) is 36.1 Å². The van der Waals surface area contributed by atoms with Crippen LogP contribution in [0, 0.1) is 5.92 Å². The number of hydrogen-bond acceptors (Lipinski definition) is 3. The second-order valence-electron chi connectivity index (χ2n) is 4.14. The summed E-state index contributed by atoms with van der Waals surface area (Å²) in [7, 11) is 0. The number of allylic oxidation sites excluding steroid dienone is 1. The topological polar surface area (TPSA) is 39.4 Å². The van der Waals surface area contributed by atoms with Crippen molar-refractivity contribution in [3.8, 4) is 0 Å². The van der Waals surface area contributed by atoms with Crippen LogP contribution in [0.3, 0.4) is 0 Å². The fourth-order valence-electron chi connectivity index (χ4n) is 2.35. The van der Waals surface area contributed by atoms with Crippen LogP contribution in [0.4, 0.5) is 0 Å². The van der Waals surface area contributed by atoms with E-state index in [9.17, 15) is 4.79 Å².